The van der Waals surface area contributed by atoms with E-state index in [2.05, 4.69) is 0 Å². The maximum atomic E-state index is 14.0. The van der Waals surface area contributed by atoms with Crippen molar-refractivity contribution >= 4 is 23.4 Å². The fourth-order valence-corrected chi connectivity index (χ4v) is 5.92. The van der Waals surface area contributed by atoms with Crippen LogP contribution in [0.4, 0.5) is 0 Å². The number of benzene rings is 4. The number of ether oxygens (including phenoxy) is 3. The Morgan fingerprint density at radius 3 is 2.14 bits per heavy atom. The van der Waals surface area contributed by atoms with Crippen LogP contribution in [0.2, 0.25) is 0 Å². The molecule has 1 aliphatic heterocycles. The van der Waals surface area contributed by atoms with Crippen LogP contribution in [0, 0.1) is 0 Å². The highest BCUT2D eigenvalue weighted by molar-refractivity contribution is 7.07. The first kappa shape index (κ1) is 27.9. The second kappa shape index (κ2) is 12.8. The Hall–Kier alpha value is -5.21. The molecule has 1 atom stereocenters. The maximum Gasteiger partial charge on any atom is 0.343 e. The highest BCUT2D eigenvalue weighted by Crippen LogP contribution is 2.31. The van der Waals surface area contributed by atoms with Crippen LogP contribution in [0.5, 0.6) is 17.2 Å². The molecule has 4 aromatic carbocycles. The van der Waals surface area contributed by atoms with E-state index in [1.807, 2.05) is 91.0 Å². The molecule has 0 bridgehead atoms. The Balaban J connectivity index is 1.34. The first-order chi connectivity index (χ1) is 21.1. The van der Waals surface area contributed by atoms with Crippen molar-refractivity contribution < 1.29 is 19.0 Å². The van der Waals surface area contributed by atoms with E-state index in [4.69, 9.17) is 19.2 Å². The van der Waals surface area contributed by atoms with E-state index < -0.39 is 12.0 Å². The van der Waals surface area contributed by atoms with Crippen LogP contribution in [0.1, 0.15) is 24.1 Å². The second-order valence-corrected chi connectivity index (χ2v) is 10.8. The Labute approximate surface area is 252 Å². The third-order valence-corrected chi connectivity index (χ3v) is 7.85. The monoisotopic (exact) mass is 588 g/mol. The van der Waals surface area contributed by atoms with Gasteiger partial charge in [0.2, 0.25) is 0 Å². The van der Waals surface area contributed by atoms with Crippen LogP contribution < -0.4 is 29.1 Å². The van der Waals surface area contributed by atoms with Crippen molar-refractivity contribution in [3.8, 4) is 17.2 Å². The number of aromatic nitrogens is 1. The topological polar surface area (TPSA) is 79.1 Å². The summed E-state index contributed by atoms with van der Waals surface area (Å²) in [6, 6.07) is 34.7. The number of fused-ring (bicyclic) bond motifs is 1. The molecule has 214 valence electrons. The average Bonchev–Trinajstić information content (AvgIpc) is 3.34. The lowest BCUT2D eigenvalue weighted by Gasteiger charge is -2.24. The number of rotatable bonds is 9. The van der Waals surface area contributed by atoms with Gasteiger partial charge in [-0.1, -0.05) is 96.3 Å². The summed E-state index contributed by atoms with van der Waals surface area (Å²) in [5, 5.41) is 0. The van der Waals surface area contributed by atoms with Gasteiger partial charge in [-0.2, -0.15) is 0 Å². The largest absolute Gasteiger partial charge is 0.490 e. The van der Waals surface area contributed by atoms with Gasteiger partial charge in [-0.15, -0.1) is 0 Å². The molecular formula is C35H28N2O5S. The van der Waals surface area contributed by atoms with E-state index in [0.29, 0.717) is 45.3 Å². The van der Waals surface area contributed by atoms with Crippen molar-refractivity contribution in [2.75, 3.05) is 13.2 Å². The molecule has 43 heavy (non-hydrogen) atoms. The molecule has 0 spiro atoms. The molecule has 0 amide bonds. The molecule has 0 radical (unpaired) electrons. The summed E-state index contributed by atoms with van der Waals surface area (Å²) < 4.78 is 19.6. The number of allylic oxidation sites excluding steroid dienone is 1. The van der Waals surface area contributed by atoms with E-state index in [9.17, 15) is 9.59 Å². The van der Waals surface area contributed by atoms with E-state index in [1.54, 1.807) is 41.8 Å². The predicted molar refractivity (Wildman–Crippen MR) is 166 cm³/mol. The number of hydrogen-bond acceptors (Lipinski definition) is 7. The first-order valence-corrected chi connectivity index (χ1v) is 14.6. The zero-order valence-electron chi connectivity index (χ0n) is 23.4. The average molecular weight is 589 g/mol. The SMILES string of the molecule is CC1=C(C(=O)Oc2ccccc2)C(c2ccccc2)n2c(sc(=Cc3ccccc3OCCOc3ccccc3)c2=O)=N1. The number of nitrogens with zero attached hydrogens (tertiary/aromatic N) is 2. The van der Waals surface area contributed by atoms with E-state index >= 15 is 0 Å². The van der Waals surface area contributed by atoms with Gasteiger partial charge in [-0.05, 0) is 48.9 Å². The second-order valence-electron chi connectivity index (χ2n) is 9.74. The molecule has 1 aliphatic rings. The van der Waals surface area contributed by atoms with Gasteiger partial charge in [-0.25, -0.2) is 9.79 Å². The molecule has 0 N–H and O–H groups in total. The number of esters is 1. The molecule has 8 heteroatoms. The standard InChI is InChI=1S/C35H28N2O5S/c1-24-31(34(39)42-28-18-9-4-10-19-28)32(25-13-5-2-6-14-25)37-33(38)30(43-35(37)36-24)23-26-15-11-12-20-29(26)41-22-21-40-27-16-7-3-8-17-27/h2-20,23,32H,21-22H2,1H3. The summed E-state index contributed by atoms with van der Waals surface area (Å²) in [5.74, 6) is 1.28. The minimum absolute atomic E-state index is 0.252. The summed E-state index contributed by atoms with van der Waals surface area (Å²) in [6.07, 6.45) is 1.81. The minimum atomic E-state index is -0.697. The van der Waals surface area contributed by atoms with Gasteiger partial charge in [0.1, 0.15) is 30.5 Å². The normalized spacial score (nSPS) is 14.5. The number of carbonyl (C=O) groups excluding carboxylic acids is 1. The minimum Gasteiger partial charge on any atom is -0.490 e. The molecule has 1 aromatic heterocycles. The van der Waals surface area contributed by atoms with Crippen LogP contribution >= 0.6 is 11.3 Å². The zero-order valence-corrected chi connectivity index (χ0v) is 24.2. The molecule has 0 saturated heterocycles. The number of hydrogen-bond donors (Lipinski definition) is 0. The third kappa shape index (κ3) is 6.19. The van der Waals surface area contributed by atoms with Gasteiger partial charge < -0.3 is 14.2 Å². The molecule has 2 heterocycles. The van der Waals surface area contributed by atoms with Crippen molar-refractivity contribution in [2.24, 2.45) is 4.99 Å². The van der Waals surface area contributed by atoms with Crippen molar-refractivity contribution in [1.29, 1.82) is 0 Å². The summed E-state index contributed by atoms with van der Waals surface area (Å²) in [6.45, 7) is 2.48. The van der Waals surface area contributed by atoms with Gasteiger partial charge in [0.15, 0.2) is 4.80 Å². The lowest BCUT2D eigenvalue weighted by atomic mass is 9.96. The third-order valence-electron chi connectivity index (χ3n) is 6.87. The van der Waals surface area contributed by atoms with Gasteiger partial charge >= 0.3 is 5.97 Å². The fraction of sp³-hybridized carbons (Fsp3) is 0.114. The van der Waals surface area contributed by atoms with E-state index in [-0.39, 0.29) is 5.56 Å². The Bertz CT molecular complexity index is 1950. The smallest absolute Gasteiger partial charge is 0.343 e. The number of para-hydroxylation sites is 3. The molecule has 0 fully saturated rings. The van der Waals surface area contributed by atoms with Crippen LogP contribution in [-0.2, 0) is 4.79 Å². The van der Waals surface area contributed by atoms with Gasteiger partial charge in [-0.3, -0.25) is 9.36 Å². The molecule has 0 saturated carbocycles. The molecule has 0 aliphatic carbocycles. The molecular weight excluding hydrogens is 560 g/mol. The Morgan fingerprint density at radius 2 is 1.42 bits per heavy atom. The quantitative estimate of drug-likeness (QED) is 0.133. The van der Waals surface area contributed by atoms with E-state index in [0.717, 1.165) is 16.9 Å². The number of thiazole rings is 1. The van der Waals surface area contributed by atoms with Gasteiger partial charge in [0.05, 0.1) is 21.8 Å². The number of carbonyl (C=O) groups is 1. The first-order valence-electron chi connectivity index (χ1n) is 13.8. The highest BCUT2D eigenvalue weighted by atomic mass is 32.1. The predicted octanol–water partition coefficient (Wildman–Crippen LogP) is 5.30. The molecule has 5 aromatic rings. The molecule has 1 unspecified atom stereocenters. The lowest BCUT2D eigenvalue weighted by molar-refractivity contribution is -0.130. The lowest BCUT2D eigenvalue weighted by Crippen LogP contribution is -2.40. The summed E-state index contributed by atoms with van der Waals surface area (Å²) >= 11 is 1.27. The molecule has 7 nitrogen and oxygen atoms in total. The summed E-state index contributed by atoms with van der Waals surface area (Å²) in [7, 11) is 0. The van der Waals surface area contributed by atoms with Crippen molar-refractivity contribution in [3.63, 3.8) is 0 Å². The summed E-state index contributed by atoms with van der Waals surface area (Å²) in [5.41, 5.74) is 2.10. The maximum absolute atomic E-state index is 14.0. The zero-order chi connectivity index (χ0) is 29.6. The van der Waals surface area contributed by atoms with Crippen molar-refractivity contribution in [2.45, 2.75) is 13.0 Å². The van der Waals surface area contributed by atoms with Crippen LogP contribution in [0.25, 0.3) is 6.08 Å². The fourth-order valence-electron chi connectivity index (χ4n) is 4.88. The van der Waals surface area contributed by atoms with Gasteiger partial charge in [0, 0.05) is 5.56 Å². The van der Waals surface area contributed by atoms with Crippen molar-refractivity contribution in [3.05, 3.63) is 157 Å². The highest BCUT2D eigenvalue weighted by Gasteiger charge is 2.33. The van der Waals surface area contributed by atoms with Gasteiger partial charge in [0.25, 0.3) is 5.56 Å². The van der Waals surface area contributed by atoms with Crippen molar-refractivity contribution in [1.82, 2.24) is 4.57 Å². The molecule has 6 rings (SSSR count). The van der Waals surface area contributed by atoms with Crippen LogP contribution in [0.15, 0.2) is 136 Å². The van der Waals surface area contributed by atoms with E-state index in [1.165, 1.54) is 11.3 Å². The summed E-state index contributed by atoms with van der Waals surface area (Å²) in [4.78, 5) is 32.8. The van der Waals surface area contributed by atoms with Crippen LogP contribution in [-0.4, -0.2) is 23.8 Å². The van der Waals surface area contributed by atoms with Crippen LogP contribution in [0.3, 0.4) is 0 Å². The Morgan fingerprint density at radius 1 is 0.814 bits per heavy atom. The Kier molecular flexibility index (Phi) is 8.28.